The van der Waals surface area contributed by atoms with Crippen LogP contribution in [0.1, 0.15) is 30.8 Å². The lowest BCUT2D eigenvalue weighted by Gasteiger charge is -1.96. The van der Waals surface area contributed by atoms with Gasteiger partial charge in [0.05, 0.1) is 12.5 Å². The summed E-state index contributed by atoms with van der Waals surface area (Å²) in [7, 11) is 0. The molecule has 0 spiro atoms. The van der Waals surface area contributed by atoms with Gasteiger partial charge in [0, 0.05) is 5.92 Å². The summed E-state index contributed by atoms with van der Waals surface area (Å²) in [6, 6.07) is 7.52. The summed E-state index contributed by atoms with van der Waals surface area (Å²) in [4.78, 5) is 0. The number of aromatic nitrogens is 3. The van der Waals surface area contributed by atoms with Crippen molar-refractivity contribution in [2.45, 2.75) is 19.3 Å². The summed E-state index contributed by atoms with van der Waals surface area (Å²) < 4.78 is 13.0. The highest BCUT2D eigenvalue weighted by Gasteiger charge is 2.36. The SMILES string of the molecule is C[C@@H]1C[C@@H]1c1ccc(/C=N\n2c(-c3ccco3)n[nH]c2=S)o1. The van der Waals surface area contributed by atoms with Crippen molar-refractivity contribution in [1.29, 1.82) is 0 Å². The molecule has 1 aliphatic carbocycles. The van der Waals surface area contributed by atoms with E-state index in [1.165, 1.54) is 11.1 Å². The fraction of sp³-hybridized carbons (Fsp3) is 0.267. The summed E-state index contributed by atoms with van der Waals surface area (Å²) in [6.45, 7) is 2.22. The number of rotatable bonds is 4. The molecular weight excluding hydrogens is 300 g/mol. The quantitative estimate of drug-likeness (QED) is 0.587. The van der Waals surface area contributed by atoms with Gasteiger partial charge in [-0.15, -0.1) is 5.10 Å². The van der Waals surface area contributed by atoms with E-state index in [1.54, 1.807) is 24.6 Å². The Kier molecular flexibility index (Phi) is 3.07. The van der Waals surface area contributed by atoms with E-state index in [9.17, 15) is 0 Å². The molecule has 0 radical (unpaired) electrons. The first-order chi connectivity index (χ1) is 10.7. The number of hydrogen-bond donors (Lipinski definition) is 1. The van der Waals surface area contributed by atoms with Gasteiger partial charge in [-0.2, -0.15) is 9.78 Å². The molecule has 1 N–H and O–H groups in total. The van der Waals surface area contributed by atoms with Crippen LogP contribution in [0.2, 0.25) is 0 Å². The van der Waals surface area contributed by atoms with E-state index in [0.29, 0.717) is 34.0 Å². The van der Waals surface area contributed by atoms with Gasteiger partial charge >= 0.3 is 0 Å². The average molecular weight is 314 g/mol. The molecule has 112 valence electrons. The van der Waals surface area contributed by atoms with E-state index in [0.717, 1.165) is 5.76 Å². The molecule has 0 aliphatic heterocycles. The first kappa shape index (κ1) is 13.3. The van der Waals surface area contributed by atoms with E-state index in [-0.39, 0.29) is 0 Å². The van der Waals surface area contributed by atoms with E-state index in [1.807, 2.05) is 12.1 Å². The standard InChI is InChI=1S/C15H14N4O2S/c1-9-7-11(9)12-5-4-10(21-12)8-16-19-14(17-18-15(19)22)13-3-2-6-20-13/h2-6,8-9,11H,7H2,1H3,(H,18,22)/b16-8-/t9-,11+/m1/s1. The highest BCUT2D eigenvalue weighted by Crippen LogP contribution is 2.47. The van der Waals surface area contributed by atoms with Gasteiger partial charge in [-0.3, -0.25) is 0 Å². The van der Waals surface area contributed by atoms with Crippen LogP contribution in [0.3, 0.4) is 0 Å². The highest BCUT2D eigenvalue weighted by molar-refractivity contribution is 7.71. The van der Waals surface area contributed by atoms with E-state index >= 15 is 0 Å². The van der Waals surface area contributed by atoms with Gasteiger partial charge in [0.15, 0.2) is 5.76 Å². The van der Waals surface area contributed by atoms with Gasteiger partial charge in [-0.05, 0) is 48.8 Å². The Bertz CT molecular complexity index is 872. The normalized spacial score (nSPS) is 20.8. The Balaban J connectivity index is 1.62. The maximum atomic E-state index is 5.80. The van der Waals surface area contributed by atoms with Gasteiger partial charge < -0.3 is 8.83 Å². The number of furan rings is 2. The summed E-state index contributed by atoms with van der Waals surface area (Å²) in [5.41, 5.74) is 0. The van der Waals surface area contributed by atoms with Crippen LogP contribution in [0.4, 0.5) is 0 Å². The smallest absolute Gasteiger partial charge is 0.219 e. The molecule has 0 amide bonds. The van der Waals surface area contributed by atoms with Crippen LogP contribution in [0.25, 0.3) is 11.6 Å². The van der Waals surface area contributed by atoms with Crippen LogP contribution in [-0.2, 0) is 0 Å². The first-order valence-corrected chi connectivity index (χ1v) is 7.48. The maximum Gasteiger partial charge on any atom is 0.219 e. The summed E-state index contributed by atoms with van der Waals surface area (Å²) in [5.74, 6) is 4.10. The molecule has 4 rings (SSSR count). The Morgan fingerprint density at radius 1 is 1.45 bits per heavy atom. The monoisotopic (exact) mass is 314 g/mol. The molecule has 7 heteroatoms. The van der Waals surface area contributed by atoms with Crippen LogP contribution in [0, 0.1) is 10.7 Å². The molecule has 1 aliphatic rings. The van der Waals surface area contributed by atoms with Crippen molar-refractivity contribution in [2.75, 3.05) is 0 Å². The lowest BCUT2D eigenvalue weighted by Crippen LogP contribution is -1.93. The van der Waals surface area contributed by atoms with Crippen LogP contribution < -0.4 is 0 Å². The Hall–Kier alpha value is -2.41. The molecule has 3 heterocycles. The minimum Gasteiger partial charge on any atom is -0.461 e. The van der Waals surface area contributed by atoms with Gasteiger partial charge in [0.1, 0.15) is 11.5 Å². The molecule has 2 atom stereocenters. The van der Waals surface area contributed by atoms with Crippen LogP contribution >= 0.6 is 12.2 Å². The third-order valence-corrected chi connectivity index (χ3v) is 4.08. The van der Waals surface area contributed by atoms with E-state index < -0.39 is 0 Å². The average Bonchev–Trinajstić information content (AvgIpc) is 2.99. The van der Waals surface area contributed by atoms with Crippen LogP contribution in [-0.4, -0.2) is 21.1 Å². The molecule has 0 aromatic carbocycles. The largest absolute Gasteiger partial charge is 0.461 e. The summed E-state index contributed by atoms with van der Waals surface area (Å²) in [5, 5.41) is 11.2. The van der Waals surface area contributed by atoms with Gasteiger partial charge in [0.2, 0.25) is 10.6 Å². The lowest BCUT2D eigenvalue weighted by molar-refractivity contribution is 0.500. The number of hydrogen-bond acceptors (Lipinski definition) is 5. The van der Waals surface area contributed by atoms with Crippen LogP contribution in [0.5, 0.6) is 0 Å². The van der Waals surface area contributed by atoms with E-state index in [2.05, 4.69) is 22.2 Å². The first-order valence-electron chi connectivity index (χ1n) is 7.08. The third-order valence-electron chi connectivity index (χ3n) is 3.81. The van der Waals surface area contributed by atoms with Crippen molar-refractivity contribution < 1.29 is 8.83 Å². The fourth-order valence-corrected chi connectivity index (χ4v) is 2.61. The molecule has 0 bridgehead atoms. The Labute approximate surface area is 131 Å². The predicted molar refractivity (Wildman–Crippen MR) is 83.3 cm³/mol. The predicted octanol–water partition coefficient (Wildman–Crippen LogP) is 3.80. The van der Waals surface area contributed by atoms with Gasteiger partial charge in [-0.1, -0.05) is 6.92 Å². The van der Waals surface area contributed by atoms with Crippen molar-refractivity contribution in [1.82, 2.24) is 14.9 Å². The lowest BCUT2D eigenvalue weighted by atomic mass is 10.3. The van der Waals surface area contributed by atoms with Crippen molar-refractivity contribution >= 4 is 18.4 Å². The van der Waals surface area contributed by atoms with Gasteiger partial charge in [-0.25, -0.2) is 5.10 Å². The third kappa shape index (κ3) is 2.33. The number of nitrogens with one attached hydrogen (secondary N) is 1. The van der Waals surface area contributed by atoms with Crippen molar-refractivity contribution in [3.63, 3.8) is 0 Å². The molecule has 0 saturated heterocycles. The molecular formula is C15H14N4O2S. The van der Waals surface area contributed by atoms with Crippen molar-refractivity contribution in [3.8, 4) is 11.6 Å². The molecule has 22 heavy (non-hydrogen) atoms. The molecule has 3 aromatic heterocycles. The second-order valence-corrected chi connectivity index (χ2v) is 5.83. The number of aromatic amines is 1. The fourth-order valence-electron chi connectivity index (χ4n) is 2.43. The van der Waals surface area contributed by atoms with E-state index in [4.69, 9.17) is 21.1 Å². The number of H-pyrrole nitrogens is 1. The minimum absolute atomic E-state index is 0.394. The highest BCUT2D eigenvalue weighted by atomic mass is 32.1. The molecule has 1 saturated carbocycles. The topological polar surface area (TPSA) is 72.2 Å². The molecule has 3 aromatic rings. The maximum absolute atomic E-state index is 5.80. The zero-order valence-corrected chi connectivity index (χ0v) is 12.7. The Morgan fingerprint density at radius 3 is 3.05 bits per heavy atom. The molecule has 0 unspecified atom stereocenters. The Morgan fingerprint density at radius 2 is 2.32 bits per heavy atom. The van der Waals surface area contributed by atoms with Crippen molar-refractivity contribution in [3.05, 3.63) is 46.8 Å². The zero-order chi connectivity index (χ0) is 15.1. The van der Waals surface area contributed by atoms with Gasteiger partial charge in [0.25, 0.3) is 0 Å². The molecule has 6 nitrogen and oxygen atoms in total. The van der Waals surface area contributed by atoms with Crippen molar-refractivity contribution in [2.24, 2.45) is 11.0 Å². The zero-order valence-electron chi connectivity index (χ0n) is 11.9. The second-order valence-electron chi connectivity index (χ2n) is 5.45. The second kappa shape index (κ2) is 5.10. The molecule has 1 fully saturated rings. The summed E-state index contributed by atoms with van der Waals surface area (Å²) in [6.07, 6.45) is 4.41. The van der Waals surface area contributed by atoms with Crippen LogP contribution in [0.15, 0.2) is 44.5 Å². The minimum atomic E-state index is 0.394. The summed E-state index contributed by atoms with van der Waals surface area (Å²) >= 11 is 5.19. The number of nitrogens with zero attached hydrogens (tertiary/aromatic N) is 3.